The first-order valence-electron chi connectivity index (χ1n) is 3.94. The summed E-state index contributed by atoms with van der Waals surface area (Å²) in [6.45, 7) is 2.07. The predicted octanol–water partition coefficient (Wildman–Crippen LogP) is 3.80. The van der Waals surface area contributed by atoms with E-state index < -0.39 is 18.4 Å². The molecule has 0 heterocycles. The zero-order chi connectivity index (χ0) is 10.5. The van der Waals surface area contributed by atoms with Crippen molar-refractivity contribution in [3.8, 4) is 0 Å². The zero-order valence-corrected chi connectivity index (χ0v) is 7.58. The summed E-state index contributed by atoms with van der Waals surface area (Å²) >= 11 is 0. The van der Waals surface area contributed by atoms with Gasteiger partial charge in [0.2, 0.25) is 0 Å². The summed E-state index contributed by atoms with van der Waals surface area (Å²) in [5, 5.41) is 0. The van der Waals surface area contributed by atoms with Gasteiger partial charge in [0, 0.05) is 0 Å². The molecule has 0 atom stereocenters. The van der Waals surface area contributed by atoms with Crippen LogP contribution in [0.5, 0.6) is 0 Å². The molecular weight excluding hydrogens is 184 g/mol. The second kappa shape index (κ2) is 5.04. The summed E-state index contributed by atoms with van der Waals surface area (Å²) in [7, 11) is 0. The van der Waals surface area contributed by atoms with Crippen LogP contribution in [-0.4, -0.2) is 12.9 Å². The maximum Gasteiger partial charge on any atom is 0.416 e. The summed E-state index contributed by atoms with van der Waals surface area (Å²) in [6.07, 6.45) is -2.29. The van der Waals surface area contributed by atoms with Crippen LogP contribution < -0.4 is 0 Å². The normalized spacial score (nSPS) is 14.9. The molecule has 0 rings (SSSR count). The van der Waals surface area contributed by atoms with Crippen LogP contribution in [0.3, 0.4) is 0 Å². The Morgan fingerprint density at radius 2 is 1.85 bits per heavy atom. The monoisotopic (exact) mass is 196 g/mol. The molecule has 0 unspecified atom stereocenters. The Kier molecular flexibility index (Phi) is 4.73. The van der Waals surface area contributed by atoms with E-state index in [1.54, 1.807) is 6.92 Å². The first-order valence-corrected chi connectivity index (χ1v) is 3.94. The molecule has 0 spiro atoms. The van der Waals surface area contributed by atoms with Crippen LogP contribution in [0.25, 0.3) is 0 Å². The smallest absolute Gasteiger partial charge is 0.246 e. The van der Waals surface area contributed by atoms with Crippen LogP contribution in [-0.2, 0) is 0 Å². The summed E-state index contributed by atoms with van der Waals surface area (Å²) in [4.78, 5) is 0. The van der Waals surface area contributed by atoms with Crippen molar-refractivity contribution in [2.24, 2.45) is 0 Å². The lowest BCUT2D eigenvalue weighted by Gasteiger charge is -2.08. The molecule has 0 saturated heterocycles. The molecule has 0 nitrogen and oxygen atoms in total. The van der Waals surface area contributed by atoms with Gasteiger partial charge in [-0.05, 0) is 25.0 Å². The van der Waals surface area contributed by atoms with E-state index in [4.69, 9.17) is 0 Å². The van der Waals surface area contributed by atoms with Crippen molar-refractivity contribution in [3.05, 3.63) is 23.3 Å². The summed E-state index contributed by atoms with van der Waals surface area (Å²) in [5.74, 6) is 0. The summed E-state index contributed by atoms with van der Waals surface area (Å²) < 4.78 is 48.4. The van der Waals surface area contributed by atoms with Gasteiger partial charge in [0.15, 0.2) is 0 Å². The predicted molar refractivity (Wildman–Crippen MR) is 44.2 cm³/mol. The number of halogens is 4. The largest absolute Gasteiger partial charge is 0.416 e. The molecule has 0 radical (unpaired) electrons. The van der Waals surface area contributed by atoms with Crippen molar-refractivity contribution >= 4 is 0 Å². The molecule has 0 aliphatic heterocycles. The van der Waals surface area contributed by atoms with E-state index in [9.17, 15) is 17.6 Å². The average Bonchev–Trinajstić information content (AvgIpc) is 2.04. The fourth-order valence-corrected chi connectivity index (χ4v) is 0.784. The third kappa shape index (κ3) is 4.10. The van der Waals surface area contributed by atoms with E-state index in [1.807, 2.05) is 0 Å². The van der Waals surface area contributed by atoms with Crippen molar-refractivity contribution < 1.29 is 17.6 Å². The maximum atomic E-state index is 12.1. The molecule has 13 heavy (non-hydrogen) atoms. The summed E-state index contributed by atoms with van der Waals surface area (Å²) in [5.41, 5.74) is -0.632. The van der Waals surface area contributed by atoms with Crippen LogP contribution in [0.2, 0.25) is 0 Å². The number of alkyl halides is 4. The van der Waals surface area contributed by atoms with E-state index in [0.717, 1.165) is 12.2 Å². The molecule has 0 aromatic carbocycles. The van der Waals surface area contributed by atoms with Crippen molar-refractivity contribution in [1.29, 1.82) is 0 Å². The van der Waals surface area contributed by atoms with Gasteiger partial charge < -0.3 is 0 Å². The number of allylic oxidation sites excluding steroid dienone is 4. The van der Waals surface area contributed by atoms with Crippen molar-refractivity contribution in [2.75, 3.05) is 6.67 Å². The van der Waals surface area contributed by atoms with E-state index in [2.05, 4.69) is 0 Å². The Labute approximate surface area is 74.9 Å². The van der Waals surface area contributed by atoms with Gasteiger partial charge in [0.1, 0.15) is 6.67 Å². The molecule has 0 aromatic rings. The highest BCUT2D eigenvalue weighted by Crippen LogP contribution is 2.27. The minimum atomic E-state index is -4.38. The van der Waals surface area contributed by atoms with Crippen molar-refractivity contribution in [3.63, 3.8) is 0 Å². The third-order valence-electron chi connectivity index (χ3n) is 1.62. The number of hydrogen-bond acceptors (Lipinski definition) is 0. The minimum Gasteiger partial charge on any atom is -0.246 e. The minimum absolute atomic E-state index is 0.158. The Morgan fingerprint density at radius 1 is 1.31 bits per heavy atom. The molecule has 0 aliphatic carbocycles. The lowest BCUT2D eigenvalue weighted by molar-refractivity contribution is -0.0884. The van der Waals surface area contributed by atoms with Gasteiger partial charge >= 0.3 is 6.18 Å². The molecule has 76 valence electrons. The van der Waals surface area contributed by atoms with Gasteiger partial charge in [-0.15, -0.1) is 0 Å². The van der Waals surface area contributed by atoms with E-state index in [-0.39, 0.29) is 5.57 Å². The molecule has 0 N–H and O–H groups in total. The van der Waals surface area contributed by atoms with Crippen LogP contribution in [0.4, 0.5) is 17.6 Å². The quantitative estimate of drug-likeness (QED) is 0.475. The van der Waals surface area contributed by atoms with Gasteiger partial charge in [-0.3, -0.25) is 0 Å². The first-order chi connectivity index (χ1) is 5.95. The molecule has 0 bridgehead atoms. The zero-order valence-electron chi connectivity index (χ0n) is 7.58. The second-order valence-electron chi connectivity index (χ2n) is 2.53. The topological polar surface area (TPSA) is 0 Å². The Hall–Kier alpha value is -0.800. The van der Waals surface area contributed by atoms with Crippen LogP contribution in [0.1, 0.15) is 20.3 Å². The van der Waals surface area contributed by atoms with E-state index in [0.29, 0.717) is 6.42 Å². The third-order valence-corrected chi connectivity index (χ3v) is 1.62. The molecule has 4 heteroatoms. The van der Waals surface area contributed by atoms with Gasteiger partial charge in [-0.1, -0.05) is 13.0 Å². The maximum absolute atomic E-state index is 12.1. The van der Waals surface area contributed by atoms with Gasteiger partial charge in [0.25, 0.3) is 0 Å². The lowest BCUT2D eigenvalue weighted by Crippen LogP contribution is -2.10. The SMILES string of the molecule is C/C=C(\C=C(\CC)CF)C(F)(F)F. The summed E-state index contributed by atoms with van der Waals surface area (Å²) in [6, 6.07) is 0. The van der Waals surface area contributed by atoms with Gasteiger partial charge in [-0.2, -0.15) is 13.2 Å². The number of hydrogen-bond donors (Lipinski definition) is 0. The van der Waals surface area contributed by atoms with Crippen LogP contribution in [0.15, 0.2) is 23.3 Å². The highest BCUT2D eigenvalue weighted by atomic mass is 19.4. The van der Waals surface area contributed by atoms with Crippen LogP contribution in [0, 0.1) is 0 Å². The molecule has 0 aliphatic rings. The fourth-order valence-electron chi connectivity index (χ4n) is 0.784. The Balaban J connectivity index is 4.74. The van der Waals surface area contributed by atoms with E-state index in [1.165, 1.54) is 6.92 Å². The van der Waals surface area contributed by atoms with Crippen LogP contribution >= 0.6 is 0 Å². The Morgan fingerprint density at radius 3 is 2.08 bits per heavy atom. The molecule has 0 saturated carbocycles. The molecule has 0 amide bonds. The highest BCUT2D eigenvalue weighted by Gasteiger charge is 2.31. The van der Waals surface area contributed by atoms with Crippen molar-refractivity contribution in [1.82, 2.24) is 0 Å². The molecule has 0 aromatic heterocycles. The van der Waals surface area contributed by atoms with Crippen molar-refractivity contribution in [2.45, 2.75) is 26.4 Å². The van der Waals surface area contributed by atoms with Gasteiger partial charge in [0.05, 0.1) is 5.57 Å². The molecule has 0 fully saturated rings. The second-order valence-corrected chi connectivity index (χ2v) is 2.53. The highest BCUT2D eigenvalue weighted by molar-refractivity contribution is 5.27. The fraction of sp³-hybridized carbons (Fsp3) is 0.556. The first kappa shape index (κ1) is 12.2. The number of rotatable bonds is 3. The van der Waals surface area contributed by atoms with E-state index >= 15 is 0 Å². The van der Waals surface area contributed by atoms with Gasteiger partial charge in [-0.25, -0.2) is 4.39 Å². The lowest BCUT2D eigenvalue weighted by atomic mass is 10.1. The standard InChI is InChI=1S/C9H12F4/c1-3-7(6-10)5-8(4-2)9(11,12)13/h4-5H,3,6H2,1-2H3/b7-5-,8-4+. The molecular formula is C9H12F4. The Bertz CT molecular complexity index is 204. The average molecular weight is 196 g/mol.